The molecular weight excluding hydrogens is 328 g/mol. The molecule has 1 atom stereocenters. The highest BCUT2D eigenvalue weighted by Gasteiger charge is 2.38. The lowest BCUT2D eigenvalue weighted by molar-refractivity contribution is -0.150. The van der Waals surface area contributed by atoms with Gasteiger partial charge in [-0.1, -0.05) is 0 Å². The molecule has 1 aliphatic carbocycles. The third-order valence-electron chi connectivity index (χ3n) is 3.26. The minimum absolute atomic E-state index is 0.0172. The van der Waals surface area contributed by atoms with Crippen LogP contribution in [0.25, 0.3) is 0 Å². The van der Waals surface area contributed by atoms with Gasteiger partial charge in [0.05, 0.1) is 0 Å². The van der Waals surface area contributed by atoms with Crippen molar-refractivity contribution in [3.8, 4) is 0 Å². The van der Waals surface area contributed by atoms with Gasteiger partial charge >= 0.3 is 5.97 Å². The summed E-state index contributed by atoms with van der Waals surface area (Å²) >= 11 is 3.24. The molecule has 1 unspecified atom stereocenters. The second-order valence-electron chi connectivity index (χ2n) is 4.86. The first-order valence-electron chi connectivity index (χ1n) is 6.30. The minimum Gasteiger partial charge on any atom is -0.480 e. The molecule has 2 rings (SSSR count). The Morgan fingerprint density at radius 1 is 1.50 bits per heavy atom. The van der Waals surface area contributed by atoms with E-state index in [-0.39, 0.29) is 24.1 Å². The number of aliphatic carboxylic acids is 1. The van der Waals surface area contributed by atoms with Crippen LogP contribution in [0.4, 0.5) is 0 Å². The third-order valence-corrected chi connectivity index (χ3v) is 3.72. The first-order chi connectivity index (χ1) is 9.40. The van der Waals surface area contributed by atoms with E-state index in [0.717, 1.165) is 12.8 Å². The lowest BCUT2D eigenvalue weighted by Gasteiger charge is -2.26. The number of halogens is 1. The van der Waals surface area contributed by atoms with Crippen LogP contribution in [0.5, 0.6) is 0 Å². The van der Waals surface area contributed by atoms with Crippen molar-refractivity contribution in [2.75, 3.05) is 0 Å². The summed E-state index contributed by atoms with van der Waals surface area (Å²) in [4.78, 5) is 36.4. The Kier molecular flexibility index (Phi) is 4.27. The monoisotopic (exact) mass is 342 g/mol. The fourth-order valence-corrected chi connectivity index (χ4v) is 2.44. The zero-order chi connectivity index (χ0) is 14.9. The van der Waals surface area contributed by atoms with E-state index in [1.54, 1.807) is 6.07 Å². The Labute approximate surface area is 124 Å². The first kappa shape index (κ1) is 14.8. The van der Waals surface area contributed by atoms with Gasteiger partial charge in [-0.15, -0.1) is 0 Å². The average Bonchev–Trinajstić information content (AvgIpc) is 3.18. The summed E-state index contributed by atoms with van der Waals surface area (Å²) in [5.41, 5.74) is -0.291. The predicted molar refractivity (Wildman–Crippen MR) is 75.4 cm³/mol. The number of rotatable bonds is 5. The number of carboxylic acids is 1. The molecule has 0 saturated heterocycles. The SMILES string of the molecule is CC(C(=O)O)N(C(=O)Cn1cc(Br)ccc1=O)C1CC1. The molecule has 0 radical (unpaired) electrons. The molecule has 0 spiro atoms. The van der Waals surface area contributed by atoms with Crippen LogP contribution in [0, 0.1) is 0 Å². The fourth-order valence-electron chi connectivity index (χ4n) is 2.06. The smallest absolute Gasteiger partial charge is 0.326 e. The van der Waals surface area contributed by atoms with E-state index in [2.05, 4.69) is 15.9 Å². The summed E-state index contributed by atoms with van der Waals surface area (Å²) in [5, 5.41) is 9.07. The molecule has 1 amide bonds. The van der Waals surface area contributed by atoms with Crippen molar-refractivity contribution in [2.45, 2.75) is 38.4 Å². The topological polar surface area (TPSA) is 79.6 Å². The Morgan fingerprint density at radius 2 is 2.15 bits per heavy atom. The number of hydrogen-bond donors (Lipinski definition) is 1. The zero-order valence-corrected chi connectivity index (χ0v) is 12.5. The van der Waals surface area contributed by atoms with Crippen LogP contribution in [0.3, 0.4) is 0 Å². The second-order valence-corrected chi connectivity index (χ2v) is 5.78. The van der Waals surface area contributed by atoms with Crippen LogP contribution in [0.15, 0.2) is 27.6 Å². The Bertz CT molecular complexity index is 594. The summed E-state index contributed by atoms with van der Waals surface area (Å²) in [5.74, 6) is -1.38. The quantitative estimate of drug-likeness (QED) is 0.868. The highest BCUT2D eigenvalue weighted by molar-refractivity contribution is 9.10. The summed E-state index contributed by atoms with van der Waals surface area (Å²) in [6, 6.07) is 2.07. The maximum atomic E-state index is 12.3. The summed E-state index contributed by atoms with van der Waals surface area (Å²) in [6.45, 7) is 1.34. The van der Waals surface area contributed by atoms with Crippen molar-refractivity contribution in [3.63, 3.8) is 0 Å². The van der Waals surface area contributed by atoms with E-state index in [0.29, 0.717) is 4.47 Å². The number of amides is 1. The molecule has 1 heterocycles. The number of nitrogens with zero attached hydrogens (tertiary/aromatic N) is 2. The lowest BCUT2D eigenvalue weighted by atomic mass is 10.2. The van der Waals surface area contributed by atoms with Crippen molar-refractivity contribution in [3.05, 3.63) is 33.2 Å². The average molecular weight is 343 g/mol. The number of carbonyl (C=O) groups is 2. The van der Waals surface area contributed by atoms with Crippen LogP contribution in [-0.4, -0.2) is 38.5 Å². The molecular formula is C13H15BrN2O4. The molecule has 0 bridgehead atoms. The minimum atomic E-state index is -1.04. The summed E-state index contributed by atoms with van der Waals surface area (Å²) < 4.78 is 1.96. The third kappa shape index (κ3) is 3.27. The molecule has 1 aromatic rings. The highest BCUT2D eigenvalue weighted by atomic mass is 79.9. The van der Waals surface area contributed by atoms with E-state index in [1.807, 2.05) is 0 Å². The zero-order valence-electron chi connectivity index (χ0n) is 11.0. The van der Waals surface area contributed by atoms with Crippen molar-refractivity contribution < 1.29 is 14.7 Å². The molecule has 1 fully saturated rings. The number of pyridine rings is 1. The van der Waals surface area contributed by atoms with Crippen LogP contribution in [-0.2, 0) is 16.1 Å². The van der Waals surface area contributed by atoms with Crippen LogP contribution in [0.2, 0.25) is 0 Å². The fraction of sp³-hybridized carbons (Fsp3) is 0.462. The van der Waals surface area contributed by atoms with Crippen LogP contribution < -0.4 is 5.56 Å². The van der Waals surface area contributed by atoms with Gasteiger partial charge in [0.15, 0.2) is 0 Å². The molecule has 1 aliphatic rings. The van der Waals surface area contributed by atoms with Crippen molar-refractivity contribution >= 4 is 27.8 Å². The van der Waals surface area contributed by atoms with E-state index >= 15 is 0 Å². The van der Waals surface area contributed by atoms with Gasteiger partial charge < -0.3 is 14.6 Å². The summed E-state index contributed by atoms with van der Waals surface area (Å²) in [6.07, 6.45) is 3.16. The van der Waals surface area contributed by atoms with Gasteiger partial charge in [0.2, 0.25) is 5.91 Å². The van der Waals surface area contributed by atoms with Crippen LogP contribution in [0.1, 0.15) is 19.8 Å². The predicted octanol–water partition coefficient (Wildman–Crippen LogP) is 1.07. The normalized spacial score (nSPS) is 15.7. The summed E-state index contributed by atoms with van der Waals surface area (Å²) in [7, 11) is 0. The highest BCUT2D eigenvalue weighted by Crippen LogP contribution is 2.29. The first-order valence-corrected chi connectivity index (χ1v) is 7.09. The van der Waals surface area contributed by atoms with Crippen molar-refractivity contribution in [1.29, 1.82) is 0 Å². The molecule has 0 aromatic carbocycles. The second kappa shape index (κ2) is 5.78. The van der Waals surface area contributed by atoms with Crippen molar-refractivity contribution in [2.24, 2.45) is 0 Å². The standard InChI is InChI=1S/C13H15BrN2O4/c1-8(13(19)20)16(10-3-4-10)12(18)7-15-6-9(14)2-5-11(15)17/h2,5-6,8,10H,3-4,7H2,1H3,(H,19,20). The molecule has 1 aromatic heterocycles. The van der Waals surface area contributed by atoms with E-state index in [9.17, 15) is 14.4 Å². The molecule has 7 heteroatoms. The van der Waals surface area contributed by atoms with Crippen LogP contribution >= 0.6 is 15.9 Å². The van der Waals surface area contributed by atoms with E-state index < -0.39 is 12.0 Å². The van der Waals surface area contributed by atoms with Gasteiger partial charge in [-0.2, -0.15) is 0 Å². The molecule has 1 N–H and O–H groups in total. The number of carboxylic acid groups (broad SMARTS) is 1. The van der Waals surface area contributed by atoms with Gasteiger partial charge in [0.1, 0.15) is 12.6 Å². The Balaban J connectivity index is 2.18. The molecule has 6 nitrogen and oxygen atoms in total. The van der Waals surface area contributed by atoms with Gasteiger partial charge in [-0.3, -0.25) is 9.59 Å². The van der Waals surface area contributed by atoms with Crippen molar-refractivity contribution in [1.82, 2.24) is 9.47 Å². The lowest BCUT2D eigenvalue weighted by Crippen LogP contribution is -2.46. The van der Waals surface area contributed by atoms with E-state index in [1.165, 1.54) is 28.7 Å². The number of carbonyl (C=O) groups excluding carboxylic acids is 1. The van der Waals surface area contributed by atoms with Gasteiger partial charge in [-0.25, -0.2) is 4.79 Å². The molecule has 1 saturated carbocycles. The van der Waals surface area contributed by atoms with E-state index in [4.69, 9.17) is 5.11 Å². The van der Waals surface area contributed by atoms with Gasteiger partial charge in [-0.05, 0) is 41.8 Å². The van der Waals surface area contributed by atoms with Gasteiger partial charge in [0, 0.05) is 22.8 Å². The maximum absolute atomic E-state index is 12.3. The molecule has 20 heavy (non-hydrogen) atoms. The molecule has 0 aliphatic heterocycles. The largest absolute Gasteiger partial charge is 0.480 e. The Hall–Kier alpha value is -1.63. The number of hydrogen-bond acceptors (Lipinski definition) is 3. The number of aromatic nitrogens is 1. The van der Waals surface area contributed by atoms with Gasteiger partial charge in [0.25, 0.3) is 5.56 Å². The Morgan fingerprint density at radius 3 is 2.70 bits per heavy atom. The molecule has 108 valence electrons. The maximum Gasteiger partial charge on any atom is 0.326 e.